The minimum atomic E-state index is -0.0916. The van der Waals surface area contributed by atoms with E-state index in [1.165, 1.54) is 6.20 Å². The van der Waals surface area contributed by atoms with Gasteiger partial charge in [-0.3, -0.25) is 9.78 Å². The van der Waals surface area contributed by atoms with E-state index >= 15 is 0 Å². The predicted molar refractivity (Wildman–Crippen MR) is 77.1 cm³/mol. The van der Waals surface area contributed by atoms with Crippen LogP contribution in [0.3, 0.4) is 0 Å². The van der Waals surface area contributed by atoms with Crippen molar-refractivity contribution in [3.8, 4) is 17.9 Å². The number of aliphatic hydroxyl groups excluding tert-OH is 1. The molecular formula is C16H17N3O2. The van der Waals surface area contributed by atoms with E-state index < -0.39 is 0 Å². The van der Waals surface area contributed by atoms with Crippen LogP contribution in [-0.4, -0.2) is 40.1 Å². The molecule has 0 aromatic carbocycles. The molecule has 5 heteroatoms. The summed E-state index contributed by atoms with van der Waals surface area (Å²) < 4.78 is 0. The molecule has 21 heavy (non-hydrogen) atoms. The summed E-state index contributed by atoms with van der Waals surface area (Å²) in [6, 6.07) is 4.05. The van der Waals surface area contributed by atoms with Crippen LogP contribution in [0.15, 0.2) is 18.5 Å². The van der Waals surface area contributed by atoms with E-state index in [4.69, 9.17) is 10.4 Å². The fraction of sp³-hybridized carbons (Fsp3) is 0.438. The Labute approximate surface area is 124 Å². The van der Waals surface area contributed by atoms with Gasteiger partial charge in [-0.1, -0.05) is 11.8 Å². The number of carbonyl (C=O) groups is 1. The molecule has 1 heterocycles. The van der Waals surface area contributed by atoms with Crippen LogP contribution < -0.4 is 0 Å². The van der Waals surface area contributed by atoms with Crippen molar-refractivity contribution in [1.82, 2.24) is 9.88 Å². The monoisotopic (exact) mass is 283 g/mol. The fourth-order valence-electron chi connectivity index (χ4n) is 2.02. The summed E-state index contributed by atoms with van der Waals surface area (Å²) in [5.74, 6) is 5.59. The highest BCUT2D eigenvalue weighted by atomic mass is 16.2. The molecule has 0 radical (unpaired) electrons. The molecule has 1 aromatic rings. The normalized spacial score (nSPS) is 13.0. The van der Waals surface area contributed by atoms with E-state index in [-0.39, 0.29) is 18.6 Å². The molecule has 1 aromatic heterocycles. The molecule has 1 aliphatic carbocycles. The Kier molecular flexibility index (Phi) is 5.31. The summed E-state index contributed by atoms with van der Waals surface area (Å²) in [7, 11) is 0. The number of aliphatic hydroxyl groups is 1. The van der Waals surface area contributed by atoms with Gasteiger partial charge >= 0.3 is 0 Å². The molecule has 0 bridgehead atoms. The highest BCUT2D eigenvalue weighted by molar-refractivity contribution is 5.94. The van der Waals surface area contributed by atoms with E-state index in [9.17, 15) is 4.79 Å². The van der Waals surface area contributed by atoms with Crippen LogP contribution in [0, 0.1) is 23.2 Å². The van der Waals surface area contributed by atoms with Gasteiger partial charge in [0.1, 0.15) is 0 Å². The number of pyridine rings is 1. The summed E-state index contributed by atoms with van der Waals surface area (Å²) in [6.45, 7) is 0.475. The number of hydrogen-bond acceptors (Lipinski definition) is 4. The zero-order valence-corrected chi connectivity index (χ0v) is 11.7. The minimum Gasteiger partial charge on any atom is -0.395 e. The second-order valence-corrected chi connectivity index (χ2v) is 4.88. The molecule has 1 aliphatic rings. The molecule has 2 rings (SSSR count). The topological polar surface area (TPSA) is 77.2 Å². The van der Waals surface area contributed by atoms with E-state index in [0.29, 0.717) is 30.5 Å². The quantitative estimate of drug-likeness (QED) is 0.827. The second kappa shape index (κ2) is 7.42. The van der Waals surface area contributed by atoms with Crippen molar-refractivity contribution >= 4 is 5.91 Å². The van der Waals surface area contributed by atoms with Gasteiger partial charge in [-0.15, -0.1) is 0 Å². The Balaban J connectivity index is 2.12. The number of nitrogens with zero attached hydrogens (tertiary/aromatic N) is 3. The lowest BCUT2D eigenvalue weighted by Crippen LogP contribution is -2.34. The van der Waals surface area contributed by atoms with Crippen molar-refractivity contribution in [3.05, 3.63) is 29.6 Å². The van der Waals surface area contributed by atoms with Crippen molar-refractivity contribution in [1.29, 1.82) is 5.26 Å². The van der Waals surface area contributed by atoms with Crippen LogP contribution in [0.5, 0.6) is 0 Å². The Morgan fingerprint density at radius 1 is 1.43 bits per heavy atom. The summed E-state index contributed by atoms with van der Waals surface area (Å²) in [4.78, 5) is 18.3. The third kappa shape index (κ3) is 4.30. The van der Waals surface area contributed by atoms with Gasteiger partial charge in [-0.2, -0.15) is 5.26 Å². The van der Waals surface area contributed by atoms with E-state index in [1.807, 2.05) is 0 Å². The smallest absolute Gasteiger partial charge is 0.255 e. The van der Waals surface area contributed by atoms with E-state index in [0.717, 1.165) is 12.8 Å². The predicted octanol–water partition coefficient (Wildman–Crippen LogP) is 1.33. The largest absolute Gasteiger partial charge is 0.395 e. The third-order valence-corrected chi connectivity index (χ3v) is 3.17. The number of rotatable bonds is 5. The van der Waals surface area contributed by atoms with Crippen LogP contribution >= 0.6 is 0 Å². The fourth-order valence-corrected chi connectivity index (χ4v) is 2.02. The Bertz CT molecular complexity index is 606. The maximum Gasteiger partial charge on any atom is 0.255 e. The average molecular weight is 283 g/mol. The molecule has 0 saturated heterocycles. The molecule has 0 atom stereocenters. The Morgan fingerprint density at radius 2 is 2.24 bits per heavy atom. The van der Waals surface area contributed by atoms with Crippen LogP contribution in [-0.2, 0) is 0 Å². The maximum atomic E-state index is 12.5. The molecule has 1 saturated carbocycles. The zero-order chi connectivity index (χ0) is 15.1. The second-order valence-electron chi connectivity index (χ2n) is 4.88. The molecular weight excluding hydrogens is 266 g/mol. The first-order valence-corrected chi connectivity index (χ1v) is 6.99. The minimum absolute atomic E-state index is 0.0165. The number of hydrogen-bond donors (Lipinski definition) is 1. The van der Waals surface area contributed by atoms with Gasteiger partial charge in [0.2, 0.25) is 0 Å². The lowest BCUT2D eigenvalue weighted by Gasteiger charge is -2.21. The van der Waals surface area contributed by atoms with Crippen LogP contribution in [0.1, 0.15) is 41.6 Å². The lowest BCUT2D eigenvalue weighted by molar-refractivity contribution is 0.0746. The third-order valence-electron chi connectivity index (χ3n) is 3.17. The van der Waals surface area contributed by atoms with Crippen molar-refractivity contribution < 1.29 is 9.90 Å². The van der Waals surface area contributed by atoms with Crippen LogP contribution in [0.2, 0.25) is 0 Å². The molecule has 1 amide bonds. The van der Waals surface area contributed by atoms with Gasteiger partial charge in [-0.05, 0) is 18.9 Å². The van der Waals surface area contributed by atoms with Gasteiger partial charge in [0.05, 0.1) is 24.7 Å². The first-order chi connectivity index (χ1) is 10.3. The average Bonchev–Trinajstić information content (AvgIpc) is 3.33. The number of carbonyl (C=O) groups excluding carboxylic acids is 1. The van der Waals surface area contributed by atoms with Gasteiger partial charge in [0.15, 0.2) is 0 Å². The first kappa shape index (κ1) is 15.0. The van der Waals surface area contributed by atoms with Gasteiger partial charge in [-0.25, -0.2) is 0 Å². The summed E-state index contributed by atoms with van der Waals surface area (Å²) in [5, 5.41) is 17.4. The summed E-state index contributed by atoms with van der Waals surface area (Å²) in [6.07, 6.45) is 5.86. The SMILES string of the molecule is N#CCCN(C(=O)c1cncc(C#CCCO)c1)C1CC1. The Hall–Kier alpha value is -2.37. The molecule has 0 aliphatic heterocycles. The molecule has 1 fully saturated rings. The molecule has 0 unspecified atom stereocenters. The molecule has 0 spiro atoms. The Morgan fingerprint density at radius 3 is 2.90 bits per heavy atom. The van der Waals surface area contributed by atoms with Gasteiger partial charge < -0.3 is 10.0 Å². The van der Waals surface area contributed by atoms with E-state index in [1.54, 1.807) is 17.2 Å². The van der Waals surface area contributed by atoms with Crippen molar-refractivity contribution in [2.75, 3.05) is 13.2 Å². The molecule has 1 N–H and O–H groups in total. The standard InChI is InChI=1S/C16H17N3O2/c17-7-3-8-19(15-5-6-15)16(21)14-10-13(11-18-12-14)4-1-2-9-20/h10-12,15,20H,2-3,5-6,8-9H2. The van der Waals surface area contributed by atoms with Crippen molar-refractivity contribution in [2.24, 2.45) is 0 Å². The maximum absolute atomic E-state index is 12.5. The number of amides is 1. The first-order valence-electron chi connectivity index (χ1n) is 6.99. The van der Waals surface area contributed by atoms with Crippen LogP contribution in [0.25, 0.3) is 0 Å². The lowest BCUT2D eigenvalue weighted by atomic mass is 10.1. The highest BCUT2D eigenvalue weighted by Crippen LogP contribution is 2.28. The van der Waals surface area contributed by atoms with Crippen molar-refractivity contribution in [3.63, 3.8) is 0 Å². The van der Waals surface area contributed by atoms with Gasteiger partial charge in [0, 0.05) is 37.0 Å². The summed E-state index contributed by atoms with van der Waals surface area (Å²) in [5.41, 5.74) is 1.15. The van der Waals surface area contributed by atoms with Gasteiger partial charge in [0.25, 0.3) is 5.91 Å². The number of nitriles is 1. The van der Waals surface area contributed by atoms with Crippen LogP contribution in [0.4, 0.5) is 0 Å². The zero-order valence-electron chi connectivity index (χ0n) is 11.7. The molecule has 5 nitrogen and oxygen atoms in total. The summed E-state index contributed by atoms with van der Waals surface area (Å²) >= 11 is 0. The number of aromatic nitrogens is 1. The van der Waals surface area contributed by atoms with Crippen molar-refractivity contribution in [2.45, 2.75) is 31.7 Å². The molecule has 108 valence electrons. The van der Waals surface area contributed by atoms with E-state index in [2.05, 4.69) is 22.9 Å². The highest BCUT2D eigenvalue weighted by Gasteiger charge is 2.32.